The molecule has 0 aliphatic carbocycles. The van der Waals surface area contributed by atoms with Crippen molar-refractivity contribution in [1.29, 1.82) is 0 Å². The predicted molar refractivity (Wildman–Crippen MR) is 64.5 cm³/mol. The summed E-state index contributed by atoms with van der Waals surface area (Å²) in [7, 11) is 0. The summed E-state index contributed by atoms with van der Waals surface area (Å²) >= 11 is 0. The molecule has 0 radical (unpaired) electrons. The Kier molecular flexibility index (Phi) is 4.51. The minimum absolute atomic E-state index is 0.0337. The Balaban J connectivity index is 2.83. The molecule has 2 atom stereocenters. The molecule has 1 aliphatic rings. The van der Waals surface area contributed by atoms with E-state index < -0.39 is 11.6 Å². The number of ether oxygens (including phenoxy) is 1. The van der Waals surface area contributed by atoms with Gasteiger partial charge in [0, 0.05) is 13.2 Å². The number of carbonyl (C=O) groups excluding carboxylic acids is 2. The van der Waals surface area contributed by atoms with E-state index in [0.717, 1.165) is 0 Å². The van der Waals surface area contributed by atoms with Gasteiger partial charge in [-0.25, -0.2) is 0 Å². The Morgan fingerprint density at radius 3 is 2.59 bits per heavy atom. The lowest BCUT2D eigenvalue weighted by atomic mass is 9.91. The molecule has 98 valence electrons. The second-order valence-electron chi connectivity index (χ2n) is 4.51. The van der Waals surface area contributed by atoms with Crippen molar-refractivity contribution in [3.05, 3.63) is 0 Å². The highest BCUT2D eigenvalue weighted by Gasteiger charge is 2.46. The van der Waals surface area contributed by atoms with E-state index in [-0.39, 0.29) is 11.8 Å². The van der Waals surface area contributed by atoms with E-state index in [9.17, 15) is 9.59 Å². The van der Waals surface area contributed by atoms with Gasteiger partial charge in [-0.15, -0.1) is 0 Å². The highest BCUT2D eigenvalue weighted by molar-refractivity contribution is 5.99. The number of rotatable bonds is 5. The summed E-state index contributed by atoms with van der Waals surface area (Å²) in [6.45, 7) is 8.89. The van der Waals surface area contributed by atoms with E-state index in [2.05, 4.69) is 5.32 Å². The number of nitrogens with zero attached hydrogens (tertiary/aromatic N) is 1. The van der Waals surface area contributed by atoms with Gasteiger partial charge in [-0.05, 0) is 27.2 Å². The van der Waals surface area contributed by atoms with E-state index in [0.29, 0.717) is 26.2 Å². The van der Waals surface area contributed by atoms with Gasteiger partial charge in [-0.2, -0.15) is 0 Å². The Morgan fingerprint density at radius 1 is 1.41 bits per heavy atom. The van der Waals surface area contributed by atoms with Crippen molar-refractivity contribution in [2.24, 2.45) is 0 Å². The number of amides is 2. The zero-order valence-electron chi connectivity index (χ0n) is 11.1. The molecule has 0 aromatic rings. The van der Waals surface area contributed by atoms with Gasteiger partial charge in [0.05, 0.1) is 6.61 Å². The number of hydrogen-bond acceptors (Lipinski definition) is 3. The van der Waals surface area contributed by atoms with Gasteiger partial charge in [0.15, 0.2) is 0 Å². The fourth-order valence-corrected chi connectivity index (χ4v) is 2.02. The molecule has 1 N–H and O–H groups in total. The maximum Gasteiger partial charge on any atom is 0.246 e. The summed E-state index contributed by atoms with van der Waals surface area (Å²) in [5.74, 6) is -0.114. The summed E-state index contributed by atoms with van der Waals surface area (Å²) in [6, 6.07) is -0.441. The molecule has 2 amide bonds. The molecule has 0 aromatic carbocycles. The van der Waals surface area contributed by atoms with E-state index in [4.69, 9.17) is 4.74 Å². The average Bonchev–Trinajstić information content (AvgIpc) is 2.31. The third kappa shape index (κ3) is 2.60. The second kappa shape index (κ2) is 5.49. The number of carbonyl (C=O) groups is 2. The normalized spacial score (nSPS) is 29.4. The zero-order chi connectivity index (χ0) is 13.1. The van der Waals surface area contributed by atoms with Crippen LogP contribution in [-0.4, -0.2) is 48.1 Å². The van der Waals surface area contributed by atoms with Crippen molar-refractivity contribution < 1.29 is 14.3 Å². The SMILES string of the molecule is CCOCCN1C(=O)C(C)NC(=O)C1(C)CC. The molecule has 5 nitrogen and oxygen atoms in total. The highest BCUT2D eigenvalue weighted by Crippen LogP contribution is 2.24. The van der Waals surface area contributed by atoms with E-state index in [1.54, 1.807) is 18.7 Å². The smallest absolute Gasteiger partial charge is 0.246 e. The lowest BCUT2D eigenvalue weighted by Gasteiger charge is -2.45. The first-order valence-electron chi connectivity index (χ1n) is 6.17. The van der Waals surface area contributed by atoms with Crippen LogP contribution in [0.2, 0.25) is 0 Å². The molecular formula is C12H22N2O3. The largest absolute Gasteiger partial charge is 0.380 e. The summed E-state index contributed by atoms with van der Waals surface area (Å²) in [6.07, 6.45) is 0.601. The van der Waals surface area contributed by atoms with Crippen LogP contribution in [0.25, 0.3) is 0 Å². The summed E-state index contributed by atoms with van der Waals surface area (Å²) in [4.78, 5) is 25.7. The first-order chi connectivity index (χ1) is 7.97. The minimum Gasteiger partial charge on any atom is -0.380 e. The van der Waals surface area contributed by atoms with Gasteiger partial charge in [-0.3, -0.25) is 9.59 Å². The van der Waals surface area contributed by atoms with Gasteiger partial charge in [0.25, 0.3) is 0 Å². The first kappa shape index (κ1) is 14.0. The summed E-state index contributed by atoms with van der Waals surface area (Å²) < 4.78 is 5.27. The third-order valence-corrected chi connectivity index (χ3v) is 3.42. The Morgan fingerprint density at radius 2 is 2.06 bits per heavy atom. The molecule has 1 saturated heterocycles. The topological polar surface area (TPSA) is 58.6 Å². The second-order valence-corrected chi connectivity index (χ2v) is 4.51. The van der Waals surface area contributed by atoms with Crippen molar-refractivity contribution >= 4 is 11.8 Å². The number of nitrogens with one attached hydrogen (secondary N) is 1. The maximum absolute atomic E-state index is 12.1. The van der Waals surface area contributed by atoms with Crippen LogP contribution in [0.5, 0.6) is 0 Å². The van der Waals surface area contributed by atoms with Crippen LogP contribution in [-0.2, 0) is 14.3 Å². The quantitative estimate of drug-likeness (QED) is 0.716. The van der Waals surface area contributed by atoms with Crippen molar-refractivity contribution in [1.82, 2.24) is 10.2 Å². The van der Waals surface area contributed by atoms with Crippen molar-refractivity contribution in [2.75, 3.05) is 19.8 Å². The molecule has 1 rings (SSSR count). The predicted octanol–water partition coefficient (Wildman–Crippen LogP) is 0.538. The van der Waals surface area contributed by atoms with E-state index in [1.165, 1.54) is 0 Å². The monoisotopic (exact) mass is 242 g/mol. The van der Waals surface area contributed by atoms with Crippen LogP contribution in [0.4, 0.5) is 0 Å². The van der Waals surface area contributed by atoms with Gasteiger partial charge in [0.2, 0.25) is 11.8 Å². The van der Waals surface area contributed by atoms with Crippen LogP contribution >= 0.6 is 0 Å². The minimum atomic E-state index is -0.749. The lowest BCUT2D eigenvalue weighted by molar-refractivity contribution is -0.157. The molecule has 0 saturated carbocycles. The van der Waals surface area contributed by atoms with Crippen molar-refractivity contribution in [3.8, 4) is 0 Å². The van der Waals surface area contributed by atoms with Gasteiger partial charge >= 0.3 is 0 Å². The molecule has 1 aliphatic heterocycles. The molecule has 2 unspecified atom stereocenters. The maximum atomic E-state index is 12.1. The Bertz CT molecular complexity index is 306. The molecule has 1 fully saturated rings. The Labute approximate surface area is 102 Å². The fraction of sp³-hybridized carbons (Fsp3) is 0.833. The van der Waals surface area contributed by atoms with Crippen LogP contribution in [0.15, 0.2) is 0 Å². The summed E-state index contributed by atoms with van der Waals surface area (Å²) in [5, 5.41) is 2.72. The zero-order valence-corrected chi connectivity index (χ0v) is 11.1. The van der Waals surface area contributed by atoms with Crippen LogP contribution < -0.4 is 5.32 Å². The molecule has 1 heterocycles. The molecular weight excluding hydrogens is 220 g/mol. The third-order valence-electron chi connectivity index (χ3n) is 3.42. The molecule has 5 heteroatoms. The van der Waals surface area contributed by atoms with Gasteiger partial charge in [0.1, 0.15) is 11.6 Å². The number of piperazine rings is 1. The molecule has 0 aromatic heterocycles. The fourth-order valence-electron chi connectivity index (χ4n) is 2.02. The average molecular weight is 242 g/mol. The van der Waals surface area contributed by atoms with E-state index >= 15 is 0 Å². The van der Waals surface area contributed by atoms with Crippen LogP contribution in [0.1, 0.15) is 34.1 Å². The molecule has 17 heavy (non-hydrogen) atoms. The first-order valence-corrected chi connectivity index (χ1v) is 6.17. The van der Waals surface area contributed by atoms with Gasteiger partial charge < -0.3 is 15.0 Å². The van der Waals surface area contributed by atoms with Crippen LogP contribution in [0.3, 0.4) is 0 Å². The Hall–Kier alpha value is -1.10. The highest BCUT2D eigenvalue weighted by atomic mass is 16.5. The molecule has 0 spiro atoms. The standard InChI is InChI=1S/C12H22N2O3/c1-5-12(4)11(16)13-9(3)10(15)14(12)7-8-17-6-2/h9H,5-8H2,1-4H3,(H,13,16). The van der Waals surface area contributed by atoms with Crippen molar-refractivity contribution in [3.63, 3.8) is 0 Å². The lowest BCUT2D eigenvalue weighted by Crippen LogP contribution is -2.69. The van der Waals surface area contributed by atoms with Crippen LogP contribution in [0, 0.1) is 0 Å². The number of hydrogen-bond donors (Lipinski definition) is 1. The summed E-state index contributed by atoms with van der Waals surface area (Å²) in [5.41, 5.74) is -0.749. The van der Waals surface area contributed by atoms with E-state index in [1.807, 2.05) is 13.8 Å². The van der Waals surface area contributed by atoms with Crippen molar-refractivity contribution in [2.45, 2.75) is 45.7 Å². The van der Waals surface area contributed by atoms with Gasteiger partial charge in [-0.1, -0.05) is 6.92 Å². The molecule has 0 bridgehead atoms.